The van der Waals surface area contributed by atoms with Gasteiger partial charge in [-0.1, -0.05) is 52.0 Å². The van der Waals surface area contributed by atoms with Crippen LogP contribution in [0.5, 0.6) is 5.75 Å². The molecule has 3 rings (SSSR count). The van der Waals surface area contributed by atoms with Crippen LogP contribution in [0, 0.1) is 5.92 Å². The molecule has 0 radical (unpaired) electrons. The van der Waals surface area contributed by atoms with E-state index >= 15 is 0 Å². The first-order valence-corrected chi connectivity index (χ1v) is 10.9. The van der Waals surface area contributed by atoms with Crippen LogP contribution in [0.2, 0.25) is 0 Å². The van der Waals surface area contributed by atoms with Crippen molar-refractivity contribution in [2.24, 2.45) is 10.9 Å². The highest BCUT2D eigenvalue weighted by Gasteiger charge is 2.23. The van der Waals surface area contributed by atoms with Crippen molar-refractivity contribution < 1.29 is 6.16 Å². The number of rotatable bonds is 6. The Bertz CT molecular complexity index is 870. The third-order valence-corrected chi connectivity index (χ3v) is 5.95. The number of ether oxygens (including phenoxy) is 1. The van der Waals surface area contributed by atoms with Gasteiger partial charge >= 0.3 is 0 Å². The lowest BCUT2D eigenvalue weighted by atomic mass is 9.85. The molecule has 0 spiro atoms. The van der Waals surface area contributed by atoms with Gasteiger partial charge in [-0.25, -0.2) is 0 Å². The van der Waals surface area contributed by atoms with E-state index in [2.05, 4.69) is 81.3 Å². The molecule has 1 unspecified atom stereocenters. The van der Waals surface area contributed by atoms with Gasteiger partial charge in [0.1, 0.15) is 5.75 Å². The smallest absolute Gasteiger partial charge is 0.122 e. The minimum absolute atomic E-state index is 0. The van der Waals surface area contributed by atoms with E-state index in [0.717, 1.165) is 31.7 Å². The van der Waals surface area contributed by atoms with Crippen LogP contribution >= 0.6 is 0 Å². The first kappa shape index (κ1) is 21.6. The van der Waals surface area contributed by atoms with E-state index in [-0.39, 0.29) is 6.84 Å². The number of fused-ring (bicyclic) bond motifs is 1. The summed E-state index contributed by atoms with van der Waals surface area (Å²) in [6, 6.07) is 13.8. The summed E-state index contributed by atoms with van der Waals surface area (Å²) < 4.78 is 6.13. The number of aryl methyl sites for hydroxylation is 1. The topological polar surface area (TPSA) is 33.6 Å². The molecule has 1 aliphatic rings. The Morgan fingerprint density at radius 1 is 1.24 bits per heavy atom. The standard InChI is InChI=1S/C26H36N2O.H2/c1-7-20-8-9-21(13-23(20)16-27-6)18(2)28-15-19-12-22-10-11-24(26(3,4)5)14-25(22)29-17-19;/h8-11,13-14,16,18-19,28H,7,12,15,17H2,1-6H3;1H/t18?,19-;/m0./s1. The van der Waals surface area contributed by atoms with E-state index in [4.69, 9.17) is 4.74 Å². The van der Waals surface area contributed by atoms with E-state index in [1.165, 1.54) is 27.8 Å². The Morgan fingerprint density at radius 3 is 2.72 bits per heavy atom. The van der Waals surface area contributed by atoms with Crippen LogP contribution in [-0.4, -0.2) is 26.4 Å². The lowest BCUT2D eigenvalue weighted by molar-refractivity contribution is 0.214. The largest absolute Gasteiger partial charge is 0.493 e. The summed E-state index contributed by atoms with van der Waals surface area (Å²) >= 11 is 0. The molecule has 2 aromatic rings. The second-order valence-electron chi connectivity index (χ2n) is 9.28. The fraction of sp³-hybridized carbons (Fsp3) is 0.500. The van der Waals surface area contributed by atoms with Crippen molar-refractivity contribution in [3.8, 4) is 5.75 Å². The average molecular weight is 395 g/mol. The third-order valence-electron chi connectivity index (χ3n) is 5.95. The highest BCUT2D eigenvalue weighted by molar-refractivity contribution is 5.82. The molecule has 0 bridgehead atoms. The molecule has 29 heavy (non-hydrogen) atoms. The predicted molar refractivity (Wildman–Crippen MR) is 126 cm³/mol. The van der Waals surface area contributed by atoms with Crippen LogP contribution in [0.25, 0.3) is 0 Å². The number of benzene rings is 2. The van der Waals surface area contributed by atoms with Gasteiger partial charge in [-0.15, -0.1) is 0 Å². The van der Waals surface area contributed by atoms with Crippen molar-refractivity contribution in [3.63, 3.8) is 0 Å². The second kappa shape index (κ2) is 9.13. The molecule has 1 aliphatic heterocycles. The molecule has 3 heteroatoms. The maximum atomic E-state index is 6.13. The zero-order chi connectivity index (χ0) is 21.0. The summed E-state index contributed by atoms with van der Waals surface area (Å²) in [5.74, 6) is 1.57. The van der Waals surface area contributed by atoms with Crippen molar-refractivity contribution in [1.29, 1.82) is 0 Å². The number of aliphatic imine (C=N–C) groups is 1. The van der Waals surface area contributed by atoms with Crippen LogP contribution in [-0.2, 0) is 18.3 Å². The van der Waals surface area contributed by atoms with Crippen LogP contribution in [0.15, 0.2) is 41.4 Å². The van der Waals surface area contributed by atoms with Crippen LogP contribution in [0.1, 0.15) is 69.9 Å². The van der Waals surface area contributed by atoms with Gasteiger partial charge in [0.05, 0.1) is 6.61 Å². The van der Waals surface area contributed by atoms with Gasteiger partial charge in [-0.05, 0) is 65.1 Å². The highest BCUT2D eigenvalue weighted by Crippen LogP contribution is 2.32. The van der Waals surface area contributed by atoms with E-state index in [9.17, 15) is 0 Å². The van der Waals surface area contributed by atoms with Gasteiger partial charge in [0, 0.05) is 33.2 Å². The van der Waals surface area contributed by atoms with E-state index in [0.29, 0.717) is 12.0 Å². The van der Waals surface area contributed by atoms with E-state index < -0.39 is 0 Å². The van der Waals surface area contributed by atoms with Crippen molar-refractivity contribution in [2.45, 2.75) is 58.9 Å². The maximum absolute atomic E-state index is 6.13. The Kier molecular flexibility index (Phi) is 6.79. The first-order valence-electron chi connectivity index (χ1n) is 10.9. The lowest BCUT2D eigenvalue weighted by Gasteiger charge is -2.29. The fourth-order valence-corrected chi connectivity index (χ4v) is 3.96. The molecule has 1 N–H and O–H groups in total. The van der Waals surface area contributed by atoms with Crippen molar-refractivity contribution in [3.05, 3.63) is 64.2 Å². The Labute approximate surface area is 178 Å². The Hall–Kier alpha value is -2.13. The summed E-state index contributed by atoms with van der Waals surface area (Å²) in [6.07, 6.45) is 4.06. The van der Waals surface area contributed by atoms with Crippen LogP contribution in [0.3, 0.4) is 0 Å². The first-order chi connectivity index (χ1) is 13.8. The molecule has 0 aromatic heterocycles. The van der Waals surface area contributed by atoms with Crippen molar-refractivity contribution >= 4 is 6.21 Å². The maximum Gasteiger partial charge on any atom is 0.122 e. The van der Waals surface area contributed by atoms with Gasteiger partial charge in [0.25, 0.3) is 0 Å². The molecule has 2 aromatic carbocycles. The average Bonchev–Trinajstić information content (AvgIpc) is 2.71. The number of hydrogen-bond acceptors (Lipinski definition) is 3. The summed E-state index contributed by atoms with van der Waals surface area (Å²) in [4.78, 5) is 4.22. The highest BCUT2D eigenvalue weighted by atomic mass is 16.5. The molecule has 0 saturated carbocycles. The van der Waals surface area contributed by atoms with Crippen molar-refractivity contribution in [1.82, 2.24) is 5.32 Å². The molecule has 158 valence electrons. The quantitative estimate of drug-likeness (QED) is 0.634. The Balaban J connectivity index is 0.00000320. The van der Waals surface area contributed by atoms with Gasteiger partial charge in [0.2, 0.25) is 0 Å². The molecule has 0 saturated heterocycles. The van der Waals surface area contributed by atoms with Gasteiger partial charge in [-0.2, -0.15) is 0 Å². The lowest BCUT2D eigenvalue weighted by Crippen LogP contribution is -2.33. The molecule has 0 amide bonds. The zero-order valence-electron chi connectivity index (χ0n) is 18.9. The summed E-state index contributed by atoms with van der Waals surface area (Å²) in [7, 11) is 1.83. The van der Waals surface area contributed by atoms with Crippen LogP contribution < -0.4 is 10.1 Å². The van der Waals surface area contributed by atoms with Gasteiger partial charge in [0.15, 0.2) is 0 Å². The van der Waals surface area contributed by atoms with Crippen LogP contribution in [0.4, 0.5) is 0 Å². The molecular weight excluding hydrogens is 356 g/mol. The molecule has 2 atom stereocenters. The zero-order valence-corrected chi connectivity index (χ0v) is 18.9. The van der Waals surface area contributed by atoms with E-state index in [1.54, 1.807) is 0 Å². The second-order valence-corrected chi connectivity index (χ2v) is 9.28. The van der Waals surface area contributed by atoms with Gasteiger partial charge in [-0.3, -0.25) is 4.99 Å². The monoisotopic (exact) mass is 394 g/mol. The normalized spacial score (nSPS) is 17.8. The molecule has 0 aliphatic carbocycles. The SMILES string of the molecule is CCc1ccc(C(C)NC[C@H]2COc3cc(C(C)(C)C)ccc3C2)cc1C=NC.[HH]. The van der Waals surface area contributed by atoms with E-state index in [1.807, 2.05) is 13.3 Å². The minimum atomic E-state index is 0. The molecule has 3 nitrogen and oxygen atoms in total. The Morgan fingerprint density at radius 2 is 2.03 bits per heavy atom. The molecule has 0 fully saturated rings. The summed E-state index contributed by atoms with van der Waals surface area (Å²) in [5.41, 5.74) is 6.70. The fourth-order valence-electron chi connectivity index (χ4n) is 3.96. The molecule has 1 heterocycles. The molecular formula is C26H38N2O. The van der Waals surface area contributed by atoms with Gasteiger partial charge < -0.3 is 10.1 Å². The summed E-state index contributed by atoms with van der Waals surface area (Å²) in [6.45, 7) is 12.9. The van der Waals surface area contributed by atoms with Crippen molar-refractivity contribution in [2.75, 3.05) is 20.2 Å². The number of nitrogens with one attached hydrogen (secondary N) is 1. The number of nitrogens with zero attached hydrogens (tertiary/aromatic N) is 1. The predicted octanol–water partition coefficient (Wildman–Crippen LogP) is 5.74. The number of hydrogen-bond donors (Lipinski definition) is 1. The third kappa shape index (κ3) is 5.27. The summed E-state index contributed by atoms with van der Waals surface area (Å²) in [5, 5.41) is 3.72. The minimum Gasteiger partial charge on any atom is -0.493 e.